The summed E-state index contributed by atoms with van der Waals surface area (Å²) >= 11 is 0. The van der Waals surface area contributed by atoms with E-state index < -0.39 is 10.0 Å². The minimum Gasteiger partial charge on any atom is -0.355 e. The van der Waals surface area contributed by atoms with Crippen molar-refractivity contribution in [3.63, 3.8) is 0 Å². The summed E-state index contributed by atoms with van der Waals surface area (Å²) in [6.45, 7) is 8.06. The third kappa shape index (κ3) is 6.39. The fraction of sp³-hybridized carbons (Fsp3) is 0.450. The molecule has 1 aromatic carbocycles. The molecule has 1 atom stereocenters. The maximum Gasteiger partial charge on any atom is 0.243 e. The van der Waals surface area contributed by atoms with Gasteiger partial charge in [0, 0.05) is 38.4 Å². The van der Waals surface area contributed by atoms with Crippen LogP contribution in [-0.4, -0.2) is 54.5 Å². The molecule has 0 aliphatic heterocycles. The summed E-state index contributed by atoms with van der Waals surface area (Å²) in [6.07, 6.45) is 0. The standard InChI is InChI=1S/C20H29N5O4S/c1-14(12-25-16(3)10-15(2)23-25)11-21-20(27)13-24(5)30(28,29)19-8-6-18(7-9-19)22-17(4)26/h6-10,14H,11-13H2,1-5H3,(H,21,27)(H,22,26). The third-order valence-electron chi connectivity index (χ3n) is 4.48. The molecule has 1 aromatic heterocycles. The lowest BCUT2D eigenvalue weighted by Crippen LogP contribution is -2.40. The van der Waals surface area contributed by atoms with E-state index in [0.717, 1.165) is 15.7 Å². The van der Waals surface area contributed by atoms with Crippen molar-refractivity contribution in [3.05, 3.63) is 41.7 Å². The Hall–Kier alpha value is -2.72. The molecule has 164 valence electrons. The molecule has 2 N–H and O–H groups in total. The van der Waals surface area contributed by atoms with Crippen molar-refractivity contribution < 1.29 is 18.0 Å². The first-order chi connectivity index (χ1) is 14.0. The van der Waals surface area contributed by atoms with Crippen LogP contribution >= 0.6 is 0 Å². The summed E-state index contributed by atoms with van der Waals surface area (Å²) in [7, 11) is -2.47. The van der Waals surface area contributed by atoms with E-state index in [9.17, 15) is 18.0 Å². The molecule has 2 amide bonds. The molecule has 10 heteroatoms. The average Bonchev–Trinajstić information content (AvgIpc) is 2.96. The second-order valence-electron chi connectivity index (χ2n) is 7.49. The fourth-order valence-corrected chi connectivity index (χ4v) is 4.07. The minimum absolute atomic E-state index is 0.0461. The molecule has 0 aliphatic carbocycles. The highest BCUT2D eigenvalue weighted by atomic mass is 32.2. The monoisotopic (exact) mass is 435 g/mol. The van der Waals surface area contributed by atoms with Crippen molar-refractivity contribution in [2.24, 2.45) is 5.92 Å². The molecule has 2 aromatic rings. The number of rotatable bonds is 9. The lowest BCUT2D eigenvalue weighted by atomic mass is 10.2. The summed E-state index contributed by atoms with van der Waals surface area (Å²) in [5, 5.41) is 9.76. The van der Waals surface area contributed by atoms with E-state index in [1.54, 1.807) is 0 Å². The number of hydrogen-bond acceptors (Lipinski definition) is 5. The Bertz CT molecular complexity index is 999. The number of sulfonamides is 1. The lowest BCUT2D eigenvalue weighted by Gasteiger charge is -2.18. The van der Waals surface area contributed by atoms with Crippen molar-refractivity contribution in [1.82, 2.24) is 19.4 Å². The van der Waals surface area contributed by atoms with Crippen LogP contribution in [-0.2, 0) is 26.2 Å². The van der Waals surface area contributed by atoms with Crippen LogP contribution in [0.25, 0.3) is 0 Å². The molecule has 0 aliphatic rings. The van der Waals surface area contributed by atoms with Crippen molar-refractivity contribution in [2.45, 2.75) is 39.1 Å². The van der Waals surface area contributed by atoms with Crippen molar-refractivity contribution in [1.29, 1.82) is 0 Å². The van der Waals surface area contributed by atoms with Gasteiger partial charge in [0.25, 0.3) is 0 Å². The van der Waals surface area contributed by atoms with Crippen LogP contribution in [0.1, 0.15) is 25.2 Å². The smallest absolute Gasteiger partial charge is 0.243 e. The van der Waals surface area contributed by atoms with Gasteiger partial charge in [-0.3, -0.25) is 14.3 Å². The second kappa shape index (κ2) is 9.86. The van der Waals surface area contributed by atoms with Crippen molar-refractivity contribution in [2.75, 3.05) is 25.5 Å². The summed E-state index contributed by atoms with van der Waals surface area (Å²) in [6, 6.07) is 7.79. The molecular weight excluding hydrogens is 406 g/mol. The number of amides is 2. The number of aromatic nitrogens is 2. The number of anilines is 1. The number of carbonyl (C=O) groups excluding carboxylic acids is 2. The predicted octanol–water partition coefficient (Wildman–Crippen LogP) is 1.53. The van der Waals surface area contributed by atoms with Gasteiger partial charge < -0.3 is 10.6 Å². The molecule has 1 heterocycles. The van der Waals surface area contributed by atoms with Gasteiger partial charge in [0.1, 0.15) is 0 Å². The Morgan fingerprint density at radius 2 is 1.83 bits per heavy atom. The Balaban J connectivity index is 1.89. The van der Waals surface area contributed by atoms with Crippen molar-refractivity contribution in [3.8, 4) is 0 Å². The summed E-state index contributed by atoms with van der Waals surface area (Å²) in [5.74, 6) is -0.488. The number of nitrogens with one attached hydrogen (secondary N) is 2. The molecule has 0 fully saturated rings. The van der Waals surface area contributed by atoms with Crippen LogP contribution in [0, 0.1) is 19.8 Å². The normalized spacial score (nSPS) is 12.6. The van der Waals surface area contributed by atoms with Crippen LogP contribution in [0.3, 0.4) is 0 Å². The Morgan fingerprint density at radius 3 is 2.37 bits per heavy atom. The largest absolute Gasteiger partial charge is 0.355 e. The minimum atomic E-state index is -3.82. The van der Waals surface area contributed by atoms with Crippen LogP contribution in [0.4, 0.5) is 5.69 Å². The van der Waals surface area contributed by atoms with Crippen LogP contribution < -0.4 is 10.6 Å². The number of likely N-dealkylation sites (N-methyl/N-ethyl adjacent to an activating group) is 1. The Morgan fingerprint density at radius 1 is 1.20 bits per heavy atom. The number of nitrogens with zero attached hydrogens (tertiary/aromatic N) is 3. The predicted molar refractivity (Wildman–Crippen MR) is 114 cm³/mol. The van der Waals surface area contributed by atoms with E-state index in [1.165, 1.54) is 38.2 Å². The van der Waals surface area contributed by atoms with Crippen molar-refractivity contribution >= 4 is 27.5 Å². The molecule has 0 radical (unpaired) electrons. The summed E-state index contributed by atoms with van der Waals surface area (Å²) in [4.78, 5) is 23.4. The molecular formula is C20H29N5O4S. The maximum absolute atomic E-state index is 12.7. The van der Waals surface area contributed by atoms with Crippen LogP contribution in [0.2, 0.25) is 0 Å². The number of benzene rings is 1. The lowest BCUT2D eigenvalue weighted by molar-refractivity contribution is -0.121. The quantitative estimate of drug-likeness (QED) is 0.620. The highest BCUT2D eigenvalue weighted by molar-refractivity contribution is 7.89. The number of carbonyl (C=O) groups is 2. The molecule has 2 rings (SSSR count). The zero-order valence-electron chi connectivity index (χ0n) is 18.0. The Labute approximate surface area is 177 Å². The van der Waals surface area contributed by atoms with Gasteiger partial charge in [-0.15, -0.1) is 0 Å². The van der Waals surface area contributed by atoms with E-state index in [1.807, 2.05) is 31.5 Å². The molecule has 0 saturated carbocycles. The van der Waals surface area contributed by atoms with E-state index in [2.05, 4.69) is 15.7 Å². The van der Waals surface area contributed by atoms with E-state index in [4.69, 9.17) is 0 Å². The van der Waals surface area contributed by atoms with E-state index in [-0.39, 0.29) is 29.2 Å². The zero-order valence-corrected chi connectivity index (χ0v) is 18.8. The van der Waals surface area contributed by atoms with Crippen LogP contribution in [0.5, 0.6) is 0 Å². The summed E-state index contributed by atoms with van der Waals surface area (Å²) in [5.41, 5.74) is 2.50. The molecule has 0 bridgehead atoms. The van der Waals surface area contributed by atoms with E-state index in [0.29, 0.717) is 18.8 Å². The summed E-state index contributed by atoms with van der Waals surface area (Å²) < 4.78 is 28.2. The highest BCUT2D eigenvalue weighted by Gasteiger charge is 2.23. The Kier molecular flexibility index (Phi) is 7.74. The molecule has 0 spiro atoms. The first-order valence-corrected chi connectivity index (χ1v) is 11.0. The highest BCUT2D eigenvalue weighted by Crippen LogP contribution is 2.17. The molecule has 30 heavy (non-hydrogen) atoms. The van der Waals surface area contributed by atoms with E-state index >= 15 is 0 Å². The van der Waals surface area contributed by atoms with Gasteiger partial charge >= 0.3 is 0 Å². The average molecular weight is 436 g/mol. The molecule has 1 unspecified atom stereocenters. The van der Waals surface area contributed by atoms with Crippen LogP contribution in [0.15, 0.2) is 35.2 Å². The molecule has 0 saturated heterocycles. The zero-order chi connectivity index (χ0) is 22.5. The van der Waals surface area contributed by atoms with Gasteiger partial charge in [-0.25, -0.2) is 8.42 Å². The first kappa shape index (κ1) is 23.6. The van der Waals surface area contributed by atoms with Gasteiger partial charge in [0.2, 0.25) is 21.8 Å². The van der Waals surface area contributed by atoms with Gasteiger partial charge in [0.15, 0.2) is 0 Å². The first-order valence-electron chi connectivity index (χ1n) is 9.60. The van der Waals surface area contributed by atoms with Gasteiger partial charge in [0.05, 0.1) is 17.1 Å². The second-order valence-corrected chi connectivity index (χ2v) is 9.53. The number of aryl methyl sites for hydroxylation is 2. The third-order valence-corrected chi connectivity index (χ3v) is 6.30. The number of hydrogen-bond donors (Lipinski definition) is 2. The fourth-order valence-electron chi connectivity index (χ4n) is 2.94. The van der Waals surface area contributed by atoms with Gasteiger partial charge in [-0.1, -0.05) is 6.92 Å². The van der Waals surface area contributed by atoms with Gasteiger partial charge in [-0.05, 0) is 50.1 Å². The van der Waals surface area contributed by atoms with Gasteiger partial charge in [-0.2, -0.15) is 9.40 Å². The molecule has 9 nitrogen and oxygen atoms in total. The topological polar surface area (TPSA) is 113 Å². The SMILES string of the molecule is CC(=O)Nc1ccc(S(=O)(=O)N(C)CC(=O)NCC(C)Cn2nc(C)cc2C)cc1. The maximum atomic E-state index is 12.7.